The predicted octanol–water partition coefficient (Wildman–Crippen LogP) is 6.27. The van der Waals surface area contributed by atoms with Gasteiger partial charge in [0.1, 0.15) is 0 Å². The van der Waals surface area contributed by atoms with Gasteiger partial charge >= 0.3 is 0 Å². The van der Waals surface area contributed by atoms with E-state index >= 15 is 0 Å². The van der Waals surface area contributed by atoms with Crippen LogP contribution in [0.3, 0.4) is 0 Å². The zero-order valence-corrected chi connectivity index (χ0v) is 16.8. The number of unbranched alkanes of at least 4 members (excludes halogenated alkanes) is 5. The zero-order valence-electron chi connectivity index (χ0n) is 15.8. The maximum Gasteiger partial charge on any atom is 0.191 e. The van der Waals surface area contributed by atoms with Crippen molar-refractivity contribution in [1.29, 1.82) is 0 Å². The lowest BCUT2D eigenvalue weighted by Crippen LogP contribution is -2.40. The van der Waals surface area contributed by atoms with Crippen molar-refractivity contribution in [2.75, 3.05) is 6.61 Å². The first-order chi connectivity index (χ1) is 10.2. The highest BCUT2D eigenvalue weighted by Gasteiger charge is 2.36. The van der Waals surface area contributed by atoms with Crippen LogP contribution in [-0.2, 0) is 9.22 Å². The molecule has 0 fully saturated rings. The van der Waals surface area contributed by atoms with Gasteiger partial charge < -0.3 is 4.43 Å². The SMILES string of the molecule is CCCCCCC(=O)/C=C/CCCCO[Si](C)(C)C(C)(C)C. The molecule has 0 spiro atoms. The molecule has 22 heavy (non-hydrogen) atoms. The first kappa shape index (κ1) is 21.6. The molecule has 2 nitrogen and oxygen atoms in total. The summed E-state index contributed by atoms with van der Waals surface area (Å²) in [6.45, 7) is 14.5. The van der Waals surface area contributed by atoms with Crippen molar-refractivity contribution in [3.63, 3.8) is 0 Å². The summed E-state index contributed by atoms with van der Waals surface area (Å²) < 4.78 is 6.15. The maximum absolute atomic E-state index is 11.6. The lowest BCUT2D eigenvalue weighted by atomic mass is 10.1. The largest absolute Gasteiger partial charge is 0.417 e. The van der Waals surface area contributed by atoms with Crippen LogP contribution in [0, 0.1) is 0 Å². The third-order valence-electron chi connectivity index (χ3n) is 4.61. The second kappa shape index (κ2) is 11.2. The molecular weight excluding hydrogens is 288 g/mol. The van der Waals surface area contributed by atoms with Gasteiger partial charge in [0.25, 0.3) is 0 Å². The summed E-state index contributed by atoms with van der Waals surface area (Å²) >= 11 is 0. The van der Waals surface area contributed by atoms with Gasteiger partial charge in [0.05, 0.1) is 0 Å². The fourth-order valence-electron chi connectivity index (χ4n) is 1.93. The van der Waals surface area contributed by atoms with Crippen molar-refractivity contribution >= 4 is 14.1 Å². The van der Waals surface area contributed by atoms with Crippen LogP contribution in [0.4, 0.5) is 0 Å². The van der Waals surface area contributed by atoms with E-state index in [0.717, 1.165) is 32.3 Å². The molecule has 0 unspecified atom stereocenters. The molecule has 130 valence electrons. The van der Waals surface area contributed by atoms with Gasteiger partial charge in [-0.15, -0.1) is 0 Å². The minimum absolute atomic E-state index is 0.286. The van der Waals surface area contributed by atoms with Gasteiger partial charge in [-0.05, 0) is 49.9 Å². The molecule has 0 saturated carbocycles. The molecule has 0 aliphatic rings. The molecule has 3 heteroatoms. The fourth-order valence-corrected chi connectivity index (χ4v) is 3.02. The van der Waals surface area contributed by atoms with Crippen molar-refractivity contribution in [2.45, 2.75) is 97.2 Å². The van der Waals surface area contributed by atoms with Crippen LogP contribution in [0.1, 0.15) is 79.1 Å². The van der Waals surface area contributed by atoms with Crippen LogP contribution in [0.15, 0.2) is 12.2 Å². The Bertz CT molecular complexity index is 327. The Labute approximate surface area is 139 Å². The first-order valence-electron chi connectivity index (χ1n) is 9.04. The lowest BCUT2D eigenvalue weighted by molar-refractivity contribution is -0.114. The van der Waals surface area contributed by atoms with Gasteiger partial charge in [-0.25, -0.2) is 0 Å². The molecule has 0 aromatic carbocycles. The summed E-state index contributed by atoms with van der Waals surface area (Å²) in [6, 6.07) is 0. The standard InChI is InChI=1S/C19H38O2Si/c1-7-8-9-12-15-18(20)16-13-10-11-14-17-21-22(5,6)19(2,3)4/h13,16H,7-12,14-15,17H2,1-6H3/b16-13+. The lowest BCUT2D eigenvalue weighted by Gasteiger charge is -2.36. The molecule has 0 rings (SSSR count). The fraction of sp³-hybridized carbons (Fsp3) is 0.842. The molecule has 0 aliphatic carbocycles. The Balaban J connectivity index is 3.65. The van der Waals surface area contributed by atoms with Gasteiger partial charge in [0, 0.05) is 13.0 Å². The Kier molecular flexibility index (Phi) is 11.0. The third-order valence-corrected chi connectivity index (χ3v) is 9.15. The molecule has 0 aliphatic heterocycles. The minimum Gasteiger partial charge on any atom is -0.417 e. The van der Waals surface area contributed by atoms with Gasteiger partial charge in [-0.2, -0.15) is 0 Å². The average Bonchev–Trinajstić information content (AvgIpc) is 2.41. The summed E-state index contributed by atoms with van der Waals surface area (Å²) in [7, 11) is -1.59. The first-order valence-corrected chi connectivity index (χ1v) is 11.9. The molecule has 0 heterocycles. The summed E-state index contributed by atoms with van der Waals surface area (Å²) in [5, 5.41) is 0.289. The Morgan fingerprint density at radius 2 is 1.73 bits per heavy atom. The summed E-state index contributed by atoms with van der Waals surface area (Å²) in [5.74, 6) is 0.286. The van der Waals surface area contributed by atoms with E-state index in [1.54, 1.807) is 6.08 Å². The topological polar surface area (TPSA) is 26.3 Å². The van der Waals surface area contributed by atoms with Gasteiger partial charge in [0.2, 0.25) is 0 Å². The van der Waals surface area contributed by atoms with Crippen LogP contribution in [0.2, 0.25) is 18.1 Å². The number of hydrogen-bond acceptors (Lipinski definition) is 2. The van der Waals surface area contributed by atoms with Gasteiger partial charge in [0.15, 0.2) is 14.1 Å². The second-order valence-corrected chi connectivity index (χ2v) is 12.6. The quantitative estimate of drug-likeness (QED) is 0.240. The van der Waals surface area contributed by atoms with Crippen LogP contribution < -0.4 is 0 Å². The predicted molar refractivity (Wildman–Crippen MR) is 99.9 cm³/mol. The highest BCUT2D eigenvalue weighted by Crippen LogP contribution is 2.36. The van der Waals surface area contributed by atoms with Crippen molar-refractivity contribution in [3.8, 4) is 0 Å². The molecule has 0 amide bonds. The minimum atomic E-state index is -1.59. The smallest absolute Gasteiger partial charge is 0.191 e. The summed E-state index contributed by atoms with van der Waals surface area (Å²) in [5.41, 5.74) is 0. The number of hydrogen-bond donors (Lipinski definition) is 0. The molecule has 0 bridgehead atoms. The van der Waals surface area contributed by atoms with Crippen LogP contribution in [0.25, 0.3) is 0 Å². The molecule has 0 aromatic heterocycles. The van der Waals surface area contributed by atoms with Crippen molar-refractivity contribution in [1.82, 2.24) is 0 Å². The normalized spacial score (nSPS) is 13.0. The monoisotopic (exact) mass is 326 g/mol. The maximum atomic E-state index is 11.6. The number of carbonyl (C=O) groups excluding carboxylic acids is 1. The average molecular weight is 327 g/mol. The molecule has 0 radical (unpaired) electrons. The Morgan fingerprint density at radius 1 is 1.05 bits per heavy atom. The van der Waals surface area contributed by atoms with E-state index < -0.39 is 8.32 Å². The molecular formula is C19H38O2Si. The molecule has 0 saturated heterocycles. The Hall–Kier alpha value is -0.413. The van der Waals surface area contributed by atoms with Gasteiger partial charge in [-0.1, -0.05) is 53.0 Å². The van der Waals surface area contributed by atoms with Crippen molar-refractivity contribution < 1.29 is 9.22 Å². The number of rotatable bonds is 12. The molecule has 0 N–H and O–H groups in total. The van der Waals surface area contributed by atoms with Crippen molar-refractivity contribution in [3.05, 3.63) is 12.2 Å². The highest BCUT2D eigenvalue weighted by molar-refractivity contribution is 6.74. The summed E-state index contributed by atoms with van der Waals surface area (Å²) in [4.78, 5) is 11.6. The Morgan fingerprint density at radius 3 is 2.32 bits per heavy atom. The van der Waals surface area contributed by atoms with Crippen molar-refractivity contribution in [2.24, 2.45) is 0 Å². The molecule has 0 atom stereocenters. The van der Waals surface area contributed by atoms with E-state index in [9.17, 15) is 4.79 Å². The zero-order chi connectivity index (χ0) is 17.1. The van der Waals surface area contributed by atoms with E-state index in [-0.39, 0.29) is 10.8 Å². The second-order valence-electron chi connectivity index (χ2n) is 7.78. The van der Waals surface area contributed by atoms with Gasteiger partial charge in [-0.3, -0.25) is 4.79 Å². The highest BCUT2D eigenvalue weighted by atomic mass is 28.4. The number of allylic oxidation sites excluding steroid dienone is 2. The van der Waals surface area contributed by atoms with Crippen LogP contribution in [0.5, 0.6) is 0 Å². The van der Waals surface area contributed by atoms with E-state index in [0.29, 0.717) is 6.42 Å². The molecule has 0 aromatic rings. The van der Waals surface area contributed by atoms with E-state index in [1.807, 2.05) is 6.08 Å². The number of carbonyl (C=O) groups is 1. The van der Waals surface area contributed by atoms with E-state index in [4.69, 9.17) is 4.43 Å². The third kappa shape index (κ3) is 10.3. The number of ketones is 1. The van der Waals surface area contributed by atoms with Crippen LogP contribution >= 0.6 is 0 Å². The van der Waals surface area contributed by atoms with Crippen LogP contribution in [-0.4, -0.2) is 20.7 Å². The van der Waals surface area contributed by atoms with E-state index in [1.165, 1.54) is 19.3 Å². The van der Waals surface area contributed by atoms with E-state index in [2.05, 4.69) is 40.8 Å². The summed E-state index contributed by atoms with van der Waals surface area (Å²) in [6.07, 6.45) is 12.4.